The first-order chi connectivity index (χ1) is 12.3. The average Bonchev–Trinajstić information content (AvgIpc) is 3.05. The third-order valence-electron chi connectivity index (χ3n) is 4.13. The molecule has 0 spiro atoms. The van der Waals surface area contributed by atoms with Gasteiger partial charge >= 0.3 is 0 Å². The van der Waals surface area contributed by atoms with Crippen LogP contribution < -0.4 is 20.9 Å². The van der Waals surface area contributed by atoms with E-state index in [1.807, 2.05) is 32.0 Å². The van der Waals surface area contributed by atoms with E-state index in [1.54, 1.807) is 30.3 Å². The van der Waals surface area contributed by atoms with Crippen molar-refractivity contribution in [3.8, 4) is 0 Å². The maximum atomic E-state index is 12.7. The molecule has 0 bridgehead atoms. The molecule has 1 heterocycles. The molecule has 2 atom stereocenters. The molecule has 0 aliphatic carbocycles. The van der Waals surface area contributed by atoms with E-state index in [1.165, 1.54) is 0 Å². The van der Waals surface area contributed by atoms with Gasteiger partial charge in [0.25, 0.3) is 10.0 Å². The smallest absolute Gasteiger partial charge is 0.250 e. The van der Waals surface area contributed by atoms with Crippen molar-refractivity contribution in [1.82, 2.24) is 10.9 Å². The van der Waals surface area contributed by atoms with E-state index in [4.69, 9.17) is 0 Å². The molecule has 3 rings (SSSR count). The van der Waals surface area contributed by atoms with Crippen LogP contribution in [-0.2, 0) is 14.8 Å². The highest BCUT2D eigenvalue weighted by Gasteiger charge is 2.41. The first-order valence-electron chi connectivity index (χ1n) is 8.29. The second-order valence-electron chi connectivity index (χ2n) is 6.43. The molecular formula is C18H22N4O3S. The van der Waals surface area contributed by atoms with E-state index in [9.17, 15) is 13.2 Å². The summed E-state index contributed by atoms with van der Waals surface area (Å²) >= 11 is 0. The highest BCUT2D eigenvalue weighted by Crippen LogP contribution is 2.21. The largest absolute Gasteiger partial charge is 0.326 e. The number of benzene rings is 2. The van der Waals surface area contributed by atoms with Crippen LogP contribution in [0.25, 0.3) is 0 Å². The molecule has 2 aromatic rings. The van der Waals surface area contributed by atoms with Gasteiger partial charge in [-0.3, -0.25) is 14.9 Å². The lowest BCUT2D eigenvalue weighted by Gasteiger charge is -2.19. The molecule has 2 unspecified atom stereocenters. The summed E-state index contributed by atoms with van der Waals surface area (Å²) in [6.07, 6.45) is 0. The molecule has 0 aromatic heterocycles. The van der Waals surface area contributed by atoms with Crippen LogP contribution in [0.5, 0.6) is 0 Å². The van der Waals surface area contributed by atoms with Crippen molar-refractivity contribution in [2.45, 2.75) is 19.2 Å². The number of sulfonamides is 1. The van der Waals surface area contributed by atoms with E-state index in [2.05, 4.69) is 20.9 Å². The van der Waals surface area contributed by atoms with Crippen molar-refractivity contribution in [3.05, 3.63) is 59.7 Å². The van der Waals surface area contributed by atoms with Crippen molar-refractivity contribution in [1.29, 1.82) is 0 Å². The van der Waals surface area contributed by atoms with Crippen LogP contribution in [0.2, 0.25) is 0 Å². The molecule has 138 valence electrons. The number of hydrazine groups is 1. The van der Waals surface area contributed by atoms with Gasteiger partial charge in [-0.25, -0.2) is 13.8 Å². The highest BCUT2D eigenvalue weighted by molar-refractivity contribution is 7.93. The van der Waals surface area contributed by atoms with Crippen LogP contribution in [0.4, 0.5) is 11.4 Å². The lowest BCUT2D eigenvalue weighted by Crippen LogP contribution is -2.45. The molecule has 0 radical (unpaired) electrons. The van der Waals surface area contributed by atoms with E-state index in [0.717, 1.165) is 11.1 Å². The highest BCUT2D eigenvalue weighted by atomic mass is 32.2. The Labute approximate surface area is 153 Å². The van der Waals surface area contributed by atoms with Gasteiger partial charge in [0.15, 0.2) is 5.37 Å². The van der Waals surface area contributed by atoms with Gasteiger partial charge in [-0.2, -0.15) is 0 Å². The monoisotopic (exact) mass is 374 g/mol. The number of para-hydroxylation sites is 1. The number of carbonyl (C=O) groups is 1. The summed E-state index contributed by atoms with van der Waals surface area (Å²) in [6, 6.07) is 14.3. The van der Waals surface area contributed by atoms with Gasteiger partial charge in [0.1, 0.15) is 0 Å². The van der Waals surface area contributed by atoms with Gasteiger partial charge in [-0.1, -0.05) is 24.3 Å². The van der Waals surface area contributed by atoms with Crippen molar-refractivity contribution in [2.24, 2.45) is 5.92 Å². The predicted octanol–water partition coefficient (Wildman–Crippen LogP) is 1.73. The summed E-state index contributed by atoms with van der Waals surface area (Å²) in [6.45, 7) is 4.10. The number of hydrogen-bond donors (Lipinski definition) is 4. The number of rotatable bonds is 5. The average molecular weight is 374 g/mol. The fourth-order valence-corrected chi connectivity index (χ4v) is 4.50. The van der Waals surface area contributed by atoms with Crippen LogP contribution in [0.15, 0.2) is 48.5 Å². The normalized spacial score (nSPS) is 19.9. The van der Waals surface area contributed by atoms with Crippen LogP contribution in [-0.4, -0.2) is 26.2 Å². The van der Waals surface area contributed by atoms with Crippen molar-refractivity contribution < 1.29 is 13.2 Å². The lowest BCUT2D eigenvalue weighted by molar-refractivity contribution is -0.119. The lowest BCUT2D eigenvalue weighted by atomic mass is 10.1. The van der Waals surface area contributed by atoms with Crippen LogP contribution >= 0.6 is 0 Å². The Bertz CT molecular complexity index is 880. The zero-order valence-corrected chi connectivity index (χ0v) is 15.4. The van der Waals surface area contributed by atoms with Crippen molar-refractivity contribution in [3.63, 3.8) is 0 Å². The Morgan fingerprint density at radius 2 is 1.69 bits per heavy atom. The number of carbonyl (C=O) groups excluding carboxylic acids is 1. The quantitative estimate of drug-likeness (QED) is 0.639. The van der Waals surface area contributed by atoms with Gasteiger partial charge in [0.2, 0.25) is 5.91 Å². The first-order valence-corrected chi connectivity index (χ1v) is 9.84. The van der Waals surface area contributed by atoms with Crippen LogP contribution in [0.1, 0.15) is 11.1 Å². The first kappa shape index (κ1) is 18.4. The minimum absolute atomic E-state index is 0.219. The summed E-state index contributed by atoms with van der Waals surface area (Å²) in [7, 11) is -3.80. The third-order valence-corrected chi connectivity index (χ3v) is 5.76. The molecule has 26 heavy (non-hydrogen) atoms. The molecule has 1 amide bonds. The molecule has 1 aliphatic rings. The molecule has 1 saturated heterocycles. The van der Waals surface area contributed by atoms with E-state index < -0.39 is 21.3 Å². The number of aryl methyl sites for hydroxylation is 2. The summed E-state index contributed by atoms with van der Waals surface area (Å²) in [5, 5.41) is 1.74. The van der Waals surface area contributed by atoms with Gasteiger partial charge in [-0.05, 0) is 49.2 Å². The van der Waals surface area contributed by atoms with E-state index >= 15 is 0 Å². The molecule has 7 nitrogen and oxygen atoms in total. The molecule has 2 aromatic carbocycles. The van der Waals surface area contributed by atoms with E-state index in [0.29, 0.717) is 11.4 Å². The standard InChI is InChI=1S/C18H22N4O3S/c1-12-8-13(2)10-15(9-12)20-17(23)16-11-19-21-18(16)26(24,25)22-14-6-4-3-5-7-14/h3-10,16,18-19,21-22H,11H2,1-2H3,(H,20,23). The second kappa shape index (κ2) is 7.45. The van der Waals surface area contributed by atoms with Gasteiger partial charge in [0, 0.05) is 17.9 Å². The predicted molar refractivity (Wildman–Crippen MR) is 102 cm³/mol. The number of nitrogens with one attached hydrogen (secondary N) is 4. The van der Waals surface area contributed by atoms with E-state index in [-0.39, 0.29) is 12.5 Å². The van der Waals surface area contributed by atoms with Gasteiger partial charge in [0.05, 0.1) is 5.92 Å². The van der Waals surface area contributed by atoms with Crippen molar-refractivity contribution in [2.75, 3.05) is 16.6 Å². The Kier molecular flexibility index (Phi) is 5.26. The second-order valence-corrected chi connectivity index (χ2v) is 8.23. The number of anilines is 2. The maximum Gasteiger partial charge on any atom is 0.250 e. The van der Waals surface area contributed by atoms with Crippen LogP contribution in [0, 0.1) is 19.8 Å². The molecule has 1 aliphatic heterocycles. The fraction of sp³-hybridized carbons (Fsp3) is 0.278. The Morgan fingerprint density at radius 1 is 1.04 bits per heavy atom. The summed E-state index contributed by atoms with van der Waals surface area (Å²) in [5.41, 5.74) is 8.63. The minimum Gasteiger partial charge on any atom is -0.326 e. The fourth-order valence-electron chi connectivity index (χ4n) is 3.02. The van der Waals surface area contributed by atoms with Gasteiger partial charge < -0.3 is 5.32 Å². The van der Waals surface area contributed by atoms with Gasteiger partial charge in [-0.15, -0.1) is 0 Å². The molecule has 4 N–H and O–H groups in total. The number of hydrogen-bond acceptors (Lipinski definition) is 5. The summed E-state index contributed by atoms with van der Waals surface area (Å²) in [5.74, 6) is -1.12. The third kappa shape index (κ3) is 4.21. The minimum atomic E-state index is -3.80. The maximum absolute atomic E-state index is 12.7. The summed E-state index contributed by atoms with van der Waals surface area (Å²) in [4.78, 5) is 12.7. The summed E-state index contributed by atoms with van der Waals surface area (Å²) < 4.78 is 27.9. The molecular weight excluding hydrogens is 352 g/mol. The number of amides is 1. The SMILES string of the molecule is Cc1cc(C)cc(NC(=O)C2CNNC2S(=O)(=O)Nc2ccccc2)c1. The topological polar surface area (TPSA) is 99.3 Å². The Morgan fingerprint density at radius 3 is 2.35 bits per heavy atom. The zero-order valence-electron chi connectivity index (χ0n) is 14.6. The van der Waals surface area contributed by atoms with Crippen LogP contribution in [0.3, 0.4) is 0 Å². The molecule has 0 saturated carbocycles. The molecule has 1 fully saturated rings. The zero-order chi connectivity index (χ0) is 18.7. The molecule has 8 heteroatoms. The van der Waals surface area contributed by atoms with Crippen molar-refractivity contribution >= 4 is 27.3 Å². The Balaban J connectivity index is 1.75. The Hall–Kier alpha value is -2.42.